The molecule has 15 heavy (non-hydrogen) atoms. The van der Waals surface area contributed by atoms with Crippen molar-refractivity contribution < 1.29 is 0 Å². The minimum atomic E-state index is 0.850. The van der Waals surface area contributed by atoms with E-state index in [9.17, 15) is 0 Å². The van der Waals surface area contributed by atoms with Crippen LogP contribution in [-0.4, -0.2) is 15.8 Å². The van der Waals surface area contributed by atoms with Crippen LogP contribution in [0.4, 0.5) is 5.82 Å². The smallest absolute Gasteiger partial charge is 0.167 e. The highest BCUT2D eigenvalue weighted by atomic mass is 32.1. The molecule has 0 fully saturated rings. The minimum Gasteiger partial charge on any atom is -0.370 e. The molecule has 3 nitrogen and oxygen atoms in total. The first kappa shape index (κ1) is 10.1. The van der Waals surface area contributed by atoms with Crippen LogP contribution in [0.15, 0.2) is 18.2 Å². The highest BCUT2D eigenvalue weighted by molar-refractivity contribution is 6.99. The van der Waals surface area contributed by atoms with E-state index in [1.165, 1.54) is 22.9 Å². The van der Waals surface area contributed by atoms with Gasteiger partial charge in [0.05, 0.1) is 11.7 Å². The van der Waals surface area contributed by atoms with Gasteiger partial charge in [-0.3, -0.25) is 0 Å². The molecule has 78 valence electrons. The second kappa shape index (κ2) is 3.98. The fourth-order valence-corrected chi connectivity index (χ4v) is 2.00. The van der Waals surface area contributed by atoms with Crippen LogP contribution < -0.4 is 5.32 Å². The summed E-state index contributed by atoms with van der Waals surface area (Å²) in [5.41, 5.74) is 4.64. The number of hydrogen-bond donors (Lipinski definition) is 1. The molecule has 0 saturated carbocycles. The maximum absolute atomic E-state index is 4.30. The molecule has 2 aromatic rings. The Kier molecular flexibility index (Phi) is 2.68. The van der Waals surface area contributed by atoms with Crippen LogP contribution in [0.2, 0.25) is 0 Å². The van der Waals surface area contributed by atoms with E-state index >= 15 is 0 Å². The van der Waals surface area contributed by atoms with Crippen molar-refractivity contribution in [2.24, 2.45) is 0 Å². The molecule has 2 rings (SSSR count). The summed E-state index contributed by atoms with van der Waals surface area (Å²) in [4.78, 5) is 0. The molecule has 0 aliphatic rings. The zero-order valence-electron chi connectivity index (χ0n) is 9.03. The molecular formula is C11H13N3S. The summed E-state index contributed by atoms with van der Waals surface area (Å²) >= 11 is 1.23. The second-order valence-corrected chi connectivity index (χ2v) is 4.04. The molecule has 0 saturated heterocycles. The summed E-state index contributed by atoms with van der Waals surface area (Å²) in [5, 5.41) is 3.04. The van der Waals surface area contributed by atoms with Gasteiger partial charge in [0, 0.05) is 12.6 Å². The summed E-state index contributed by atoms with van der Waals surface area (Å²) in [6.07, 6.45) is 0. The van der Waals surface area contributed by atoms with E-state index in [4.69, 9.17) is 0 Å². The lowest BCUT2D eigenvalue weighted by Crippen LogP contribution is -1.91. The van der Waals surface area contributed by atoms with Gasteiger partial charge in [0.1, 0.15) is 5.69 Å². The molecule has 0 bridgehead atoms. The lowest BCUT2D eigenvalue weighted by molar-refractivity contribution is 1.33. The van der Waals surface area contributed by atoms with E-state index in [0.29, 0.717) is 0 Å². The highest BCUT2D eigenvalue weighted by Crippen LogP contribution is 2.26. The number of benzene rings is 1. The molecule has 0 aliphatic carbocycles. The van der Waals surface area contributed by atoms with E-state index < -0.39 is 0 Å². The monoisotopic (exact) mass is 219 g/mol. The van der Waals surface area contributed by atoms with Crippen LogP contribution in [-0.2, 0) is 0 Å². The van der Waals surface area contributed by atoms with Gasteiger partial charge in [-0.2, -0.15) is 8.75 Å². The van der Waals surface area contributed by atoms with Gasteiger partial charge >= 0.3 is 0 Å². The number of nitrogens with zero attached hydrogens (tertiary/aromatic N) is 2. The molecule has 0 amide bonds. The third kappa shape index (κ3) is 1.85. The van der Waals surface area contributed by atoms with Crippen molar-refractivity contribution in [2.75, 3.05) is 12.4 Å². The number of nitrogens with one attached hydrogen (secondary N) is 1. The van der Waals surface area contributed by atoms with Crippen molar-refractivity contribution in [1.29, 1.82) is 0 Å². The molecule has 0 atom stereocenters. The molecule has 0 aliphatic heterocycles. The topological polar surface area (TPSA) is 37.8 Å². The van der Waals surface area contributed by atoms with Crippen LogP contribution in [0.25, 0.3) is 11.3 Å². The summed E-state index contributed by atoms with van der Waals surface area (Å²) in [6, 6.07) is 6.34. The van der Waals surface area contributed by atoms with Crippen molar-refractivity contribution >= 4 is 17.5 Å². The molecule has 1 aromatic carbocycles. The fraction of sp³-hybridized carbons (Fsp3) is 0.273. The number of rotatable bonds is 2. The zero-order chi connectivity index (χ0) is 10.8. The Morgan fingerprint density at radius 3 is 2.60 bits per heavy atom. The van der Waals surface area contributed by atoms with E-state index in [-0.39, 0.29) is 0 Å². The maximum atomic E-state index is 4.30. The SMILES string of the molecule is CNc1nsnc1-c1ccc(C)c(C)c1. The Hall–Kier alpha value is -1.42. The predicted octanol–water partition coefficient (Wildman–Crippen LogP) is 2.86. The van der Waals surface area contributed by atoms with Gasteiger partial charge in [0.2, 0.25) is 0 Å². The summed E-state index contributed by atoms with van der Waals surface area (Å²) in [5.74, 6) is 0.850. The van der Waals surface area contributed by atoms with Crippen LogP contribution >= 0.6 is 11.7 Å². The molecule has 4 heteroatoms. The Bertz CT molecular complexity index is 476. The van der Waals surface area contributed by atoms with Crippen molar-refractivity contribution in [1.82, 2.24) is 8.75 Å². The Morgan fingerprint density at radius 2 is 1.93 bits per heavy atom. The number of hydrogen-bond acceptors (Lipinski definition) is 4. The molecule has 0 spiro atoms. The normalized spacial score (nSPS) is 10.3. The highest BCUT2D eigenvalue weighted by Gasteiger charge is 2.09. The van der Waals surface area contributed by atoms with Gasteiger partial charge in [0.25, 0.3) is 0 Å². The van der Waals surface area contributed by atoms with Crippen LogP contribution in [0, 0.1) is 13.8 Å². The Morgan fingerprint density at radius 1 is 1.13 bits per heavy atom. The third-order valence-corrected chi connectivity index (χ3v) is 3.03. The largest absolute Gasteiger partial charge is 0.370 e. The van der Waals surface area contributed by atoms with Crippen molar-refractivity contribution in [2.45, 2.75) is 13.8 Å². The summed E-state index contributed by atoms with van der Waals surface area (Å²) in [6.45, 7) is 4.22. The molecule has 1 N–H and O–H groups in total. The second-order valence-electron chi connectivity index (χ2n) is 3.51. The van der Waals surface area contributed by atoms with Gasteiger partial charge in [0.15, 0.2) is 5.82 Å². The third-order valence-electron chi connectivity index (χ3n) is 2.51. The van der Waals surface area contributed by atoms with E-state index in [1.807, 2.05) is 7.05 Å². The standard InChI is InChI=1S/C11H13N3S/c1-7-4-5-9(6-8(7)2)10-11(12-3)14-15-13-10/h4-6H,1-3H3,(H,12,14). The van der Waals surface area contributed by atoms with Gasteiger partial charge in [-0.25, -0.2) is 0 Å². The van der Waals surface area contributed by atoms with Gasteiger partial charge in [-0.15, -0.1) is 0 Å². The number of aromatic nitrogens is 2. The van der Waals surface area contributed by atoms with Crippen molar-refractivity contribution in [3.8, 4) is 11.3 Å². The van der Waals surface area contributed by atoms with Gasteiger partial charge < -0.3 is 5.32 Å². The Labute approximate surface area is 93.5 Å². The van der Waals surface area contributed by atoms with Crippen molar-refractivity contribution in [3.05, 3.63) is 29.3 Å². The average Bonchev–Trinajstić information content (AvgIpc) is 2.70. The van der Waals surface area contributed by atoms with E-state index in [0.717, 1.165) is 17.1 Å². The lowest BCUT2D eigenvalue weighted by atomic mass is 10.0. The average molecular weight is 219 g/mol. The lowest BCUT2D eigenvalue weighted by Gasteiger charge is -2.04. The quantitative estimate of drug-likeness (QED) is 0.844. The number of aryl methyl sites for hydroxylation is 2. The molecule has 1 heterocycles. The molecule has 0 unspecified atom stereocenters. The first-order valence-corrected chi connectivity index (χ1v) is 5.53. The minimum absolute atomic E-state index is 0.850. The predicted molar refractivity (Wildman–Crippen MR) is 64.4 cm³/mol. The molecular weight excluding hydrogens is 206 g/mol. The molecule has 0 radical (unpaired) electrons. The zero-order valence-corrected chi connectivity index (χ0v) is 9.85. The van der Waals surface area contributed by atoms with Gasteiger partial charge in [-0.05, 0) is 31.0 Å². The summed E-state index contributed by atoms with van der Waals surface area (Å²) < 4.78 is 8.48. The van der Waals surface area contributed by atoms with E-state index in [1.54, 1.807) is 0 Å². The Balaban J connectivity index is 2.50. The van der Waals surface area contributed by atoms with Crippen LogP contribution in [0.3, 0.4) is 0 Å². The van der Waals surface area contributed by atoms with Crippen molar-refractivity contribution in [3.63, 3.8) is 0 Å². The van der Waals surface area contributed by atoms with E-state index in [2.05, 4.69) is 46.1 Å². The van der Waals surface area contributed by atoms with Crippen LogP contribution in [0.1, 0.15) is 11.1 Å². The first-order valence-electron chi connectivity index (χ1n) is 4.80. The fourth-order valence-electron chi connectivity index (χ4n) is 1.43. The molecule has 1 aromatic heterocycles. The number of anilines is 1. The first-order chi connectivity index (χ1) is 7.22. The summed E-state index contributed by atoms with van der Waals surface area (Å²) in [7, 11) is 1.86. The van der Waals surface area contributed by atoms with Crippen LogP contribution in [0.5, 0.6) is 0 Å². The van der Waals surface area contributed by atoms with Gasteiger partial charge in [-0.1, -0.05) is 12.1 Å². The maximum Gasteiger partial charge on any atom is 0.167 e.